The van der Waals surface area contributed by atoms with Crippen molar-refractivity contribution in [3.63, 3.8) is 0 Å². The van der Waals surface area contributed by atoms with Crippen LogP contribution < -0.4 is 4.80 Å². The fraction of sp³-hybridized carbons (Fsp3) is 0.0588. The van der Waals surface area contributed by atoms with Crippen molar-refractivity contribution in [1.82, 2.24) is 9.78 Å². The standard InChI is InChI=1S/C17H13N5O4S/c1-11(23)16-20-21(13-4-6-14(7-5-13)22(25)26)17(27-16)19-18-10-12-2-8-15(24)9-3-12/h2-10,24H,1H3/b18-10-,19-17+. The van der Waals surface area contributed by atoms with E-state index in [1.165, 1.54) is 54.2 Å². The summed E-state index contributed by atoms with van der Waals surface area (Å²) in [6, 6.07) is 12.1. The Labute approximate surface area is 156 Å². The van der Waals surface area contributed by atoms with Crippen LogP contribution in [0.5, 0.6) is 5.75 Å². The van der Waals surface area contributed by atoms with Gasteiger partial charge in [0.15, 0.2) is 10.8 Å². The molecule has 3 aromatic rings. The number of ketones is 1. The van der Waals surface area contributed by atoms with Gasteiger partial charge in [-0.05, 0) is 42.0 Å². The Hall–Kier alpha value is -3.66. The number of phenols is 1. The molecule has 0 fully saturated rings. The normalized spacial score (nSPS) is 11.8. The van der Waals surface area contributed by atoms with Crippen LogP contribution in [0.25, 0.3) is 5.69 Å². The first kappa shape index (κ1) is 18.1. The van der Waals surface area contributed by atoms with Gasteiger partial charge in [-0.3, -0.25) is 14.9 Å². The minimum absolute atomic E-state index is 0.0507. The van der Waals surface area contributed by atoms with Gasteiger partial charge in [0, 0.05) is 19.1 Å². The van der Waals surface area contributed by atoms with Gasteiger partial charge in [0.05, 0.1) is 16.8 Å². The van der Waals surface area contributed by atoms with Crippen LogP contribution in [0.3, 0.4) is 0 Å². The third kappa shape index (κ3) is 4.30. The Morgan fingerprint density at radius 3 is 2.48 bits per heavy atom. The second-order valence-corrected chi connectivity index (χ2v) is 6.32. The summed E-state index contributed by atoms with van der Waals surface area (Å²) in [6.45, 7) is 1.39. The highest BCUT2D eigenvalue weighted by molar-refractivity contribution is 7.10. The molecule has 10 heteroatoms. The molecule has 27 heavy (non-hydrogen) atoms. The van der Waals surface area contributed by atoms with Crippen molar-refractivity contribution in [3.05, 3.63) is 74.0 Å². The molecule has 0 amide bonds. The molecule has 0 atom stereocenters. The fourth-order valence-electron chi connectivity index (χ4n) is 2.08. The average molecular weight is 383 g/mol. The summed E-state index contributed by atoms with van der Waals surface area (Å²) < 4.78 is 1.40. The van der Waals surface area contributed by atoms with Crippen molar-refractivity contribution < 1.29 is 14.8 Å². The maximum absolute atomic E-state index is 11.7. The lowest BCUT2D eigenvalue weighted by atomic mass is 10.2. The number of aromatic hydroxyl groups is 1. The topological polar surface area (TPSA) is 123 Å². The zero-order valence-corrected chi connectivity index (χ0v) is 14.8. The number of benzene rings is 2. The number of nitro groups is 1. The third-order valence-corrected chi connectivity index (χ3v) is 4.41. The Morgan fingerprint density at radius 2 is 1.89 bits per heavy atom. The maximum atomic E-state index is 11.7. The number of nitro benzene ring substituents is 1. The molecule has 0 saturated heterocycles. The second kappa shape index (κ2) is 7.70. The van der Waals surface area contributed by atoms with Crippen LogP contribution in [0.1, 0.15) is 22.3 Å². The Balaban J connectivity index is 1.99. The zero-order chi connectivity index (χ0) is 19.4. The molecule has 0 bridgehead atoms. The number of nitrogens with zero attached hydrogens (tertiary/aromatic N) is 5. The van der Waals surface area contributed by atoms with E-state index in [1.807, 2.05) is 0 Å². The van der Waals surface area contributed by atoms with Gasteiger partial charge in [0.25, 0.3) is 5.69 Å². The first-order chi connectivity index (χ1) is 12.9. The SMILES string of the molecule is CC(=O)c1nn(-c2ccc([N+](=O)[O-])cc2)/c(=N\N=C/c2ccc(O)cc2)s1. The summed E-state index contributed by atoms with van der Waals surface area (Å²) in [7, 11) is 0. The molecule has 136 valence electrons. The first-order valence-corrected chi connectivity index (χ1v) is 8.48. The summed E-state index contributed by atoms with van der Waals surface area (Å²) in [5, 5.41) is 32.6. The van der Waals surface area contributed by atoms with Crippen LogP contribution in [0.2, 0.25) is 0 Å². The summed E-state index contributed by atoms with van der Waals surface area (Å²) >= 11 is 1.06. The molecule has 3 rings (SSSR count). The molecule has 0 radical (unpaired) electrons. The lowest BCUT2D eigenvalue weighted by molar-refractivity contribution is -0.384. The van der Waals surface area contributed by atoms with Crippen LogP contribution in [-0.2, 0) is 0 Å². The maximum Gasteiger partial charge on any atom is 0.269 e. The highest BCUT2D eigenvalue weighted by Crippen LogP contribution is 2.15. The molecule has 1 N–H and O–H groups in total. The number of hydrogen-bond acceptors (Lipinski definition) is 8. The number of Topliss-reactive ketones (excluding diaryl/α,β-unsaturated/α-hetero) is 1. The largest absolute Gasteiger partial charge is 0.508 e. The average Bonchev–Trinajstić information content (AvgIpc) is 3.08. The molecule has 0 unspecified atom stereocenters. The van der Waals surface area contributed by atoms with E-state index in [0.717, 1.165) is 16.9 Å². The Bertz CT molecular complexity index is 1080. The lowest BCUT2D eigenvalue weighted by Crippen LogP contribution is -2.14. The Kier molecular flexibility index (Phi) is 5.18. The van der Waals surface area contributed by atoms with E-state index in [4.69, 9.17) is 0 Å². The second-order valence-electron chi connectivity index (χ2n) is 5.37. The molecule has 0 aliphatic rings. The minimum atomic E-state index is -0.496. The van der Waals surface area contributed by atoms with Crippen LogP contribution in [0, 0.1) is 10.1 Å². The summed E-state index contributed by atoms with van der Waals surface area (Å²) in [4.78, 5) is 22.3. The fourth-order valence-corrected chi connectivity index (χ4v) is 2.84. The van der Waals surface area contributed by atoms with Gasteiger partial charge in [-0.1, -0.05) is 11.3 Å². The van der Waals surface area contributed by atoms with E-state index in [9.17, 15) is 20.0 Å². The van der Waals surface area contributed by atoms with Gasteiger partial charge >= 0.3 is 0 Å². The van der Waals surface area contributed by atoms with Crippen molar-refractivity contribution in [2.45, 2.75) is 6.92 Å². The van der Waals surface area contributed by atoms with E-state index in [2.05, 4.69) is 15.3 Å². The number of carbonyl (C=O) groups excluding carboxylic acids is 1. The van der Waals surface area contributed by atoms with E-state index in [1.54, 1.807) is 12.1 Å². The van der Waals surface area contributed by atoms with Crippen molar-refractivity contribution in [3.8, 4) is 11.4 Å². The molecule has 0 spiro atoms. The zero-order valence-electron chi connectivity index (χ0n) is 14.0. The van der Waals surface area contributed by atoms with Crippen LogP contribution >= 0.6 is 11.3 Å². The van der Waals surface area contributed by atoms with Gasteiger partial charge in [-0.25, -0.2) is 4.68 Å². The summed E-state index contributed by atoms with van der Waals surface area (Å²) in [6.07, 6.45) is 1.49. The van der Waals surface area contributed by atoms with E-state index in [0.29, 0.717) is 10.5 Å². The van der Waals surface area contributed by atoms with Crippen molar-refractivity contribution in [2.75, 3.05) is 0 Å². The van der Waals surface area contributed by atoms with Gasteiger partial charge < -0.3 is 5.11 Å². The molecule has 1 heterocycles. The van der Waals surface area contributed by atoms with Crippen molar-refractivity contribution in [2.24, 2.45) is 10.2 Å². The van der Waals surface area contributed by atoms with Crippen LogP contribution in [0.4, 0.5) is 5.69 Å². The quantitative estimate of drug-likeness (QED) is 0.314. The highest BCUT2D eigenvalue weighted by atomic mass is 32.1. The predicted molar refractivity (Wildman–Crippen MR) is 99.4 cm³/mol. The molecule has 2 aromatic carbocycles. The molecule has 0 saturated carbocycles. The molecular weight excluding hydrogens is 370 g/mol. The summed E-state index contributed by atoms with van der Waals surface area (Å²) in [5.41, 5.74) is 1.20. The third-order valence-electron chi connectivity index (χ3n) is 3.41. The number of carbonyl (C=O) groups is 1. The first-order valence-electron chi connectivity index (χ1n) is 7.66. The van der Waals surface area contributed by atoms with Gasteiger partial charge in [0.2, 0.25) is 4.80 Å². The van der Waals surface area contributed by atoms with Crippen LogP contribution in [-0.4, -0.2) is 31.8 Å². The number of hydrogen-bond donors (Lipinski definition) is 1. The van der Waals surface area contributed by atoms with Gasteiger partial charge in [-0.15, -0.1) is 5.10 Å². The lowest BCUT2D eigenvalue weighted by Gasteiger charge is -1.99. The number of aromatic nitrogens is 2. The smallest absolute Gasteiger partial charge is 0.269 e. The minimum Gasteiger partial charge on any atom is -0.508 e. The van der Waals surface area contributed by atoms with E-state index >= 15 is 0 Å². The van der Waals surface area contributed by atoms with E-state index < -0.39 is 4.92 Å². The predicted octanol–water partition coefficient (Wildman–Crippen LogP) is 2.69. The molecule has 1 aromatic heterocycles. The monoisotopic (exact) mass is 383 g/mol. The Morgan fingerprint density at radius 1 is 1.22 bits per heavy atom. The van der Waals surface area contributed by atoms with Crippen LogP contribution in [0.15, 0.2) is 58.7 Å². The van der Waals surface area contributed by atoms with Crippen molar-refractivity contribution in [1.29, 1.82) is 0 Å². The van der Waals surface area contributed by atoms with Crippen molar-refractivity contribution >= 4 is 29.0 Å². The van der Waals surface area contributed by atoms with Gasteiger partial charge in [0.1, 0.15) is 5.75 Å². The molecular formula is C17H13N5O4S. The number of rotatable bonds is 5. The highest BCUT2D eigenvalue weighted by Gasteiger charge is 2.12. The molecule has 0 aliphatic heterocycles. The number of non-ortho nitro benzene ring substituents is 1. The number of phenolic OH excluding ortho intramolecular Hbond substituents is 1. The summed E-state index contributed by atoms with van der Waals surface area (Å²) in [5.74, 6) is -0.0757. The van der Waals surface area contributed by atoms with E-state index in [-0.39, 0.29) is 22.2 Å². The van der Waals surface area contributed by atoms with Gasteiger partial charge in [-0.2, -0.15) is 10.2 Å². The molecule has 9 nitrogen and oxygen atoms in total. The molecule has 0 aliphatic carbocycles.